The summed E-state index contributed by atoms with van der Waals surface area (Å²) in [4.78, 5) is 20.8. The molecule has 1 saturated heterocycles. The van der Waals surface area contributed by atoms with Gasteiger partial charge in [-0.2, -0.15) is 0 Å². The number of nitrogens with zero attached hydrogens (tertiary/aromatic N) is 3. The molecule has 0 aliphatic carbocycles. The van der Waals surface area contributed by atoms with Gasteiger partial charge in [0.15, 0.2) is 0 Å². The maximum absolute atomic E-state index is 13.4. The van der Waals surface area contributed by atoms with Gasteiger partial charge in [-0.1, -0.05) is 49.2 Å². The number of rotatable bonds is 9. The van der Waals surface area contributed by atoms with E-state index in [1.165, 1.54) is 25.7 Å². The third-order valence-corrected chi connectivity index (χ3v) is 7.19. The summed E-state index contributed by atoms with van der Waals surface area (Å²) in [6, 6.07) is 17.5. The number of hydrogen-bond acceptors (Lipinski definition) is 4. The van der Waals surface area contributed by atoms with E-state index in [9.17, 15) is 4.79 Å². The zero-order chi connectivity index (χ0) is 23.2. The fourth-order valence-corrected chi connectivity index (χ4v) is 5.30. The molecular formula is C28H38N4O. The minimum atomic E-state index is 0.0325. The molecule has 0 radical (unpaired) electrons. The van der Waals surface area contributed by atoms with Crippen molar-refractivity contribution in [3.05, 3.63) is 75.7 Å². The summed E-state index contributed by atoms with van der Waals surface area (Å²) in [6.07, 6.45) is 7.85. The molecule has 1 aliphatic heterocycles. The van der Waals surface area contributed by atoms with E-state index in [0.717, 1.165) is 48.1 Å². The lowest BCUT2D eigenvalue weighted by Gasteiger charge is -2.39. The smallest absolute Gasteiger partial charge is 0.273 e. The van der Waals surface area contributed by atoms with Gasteiger partial charge in [0.05, 0.1) is 11.0 Å². The van der Waals surface area contributed by atoms with E-state index in [1.807, 2.05) is 47.0 Å². The molecule has 2 N–H and O–H groups in total. The van der Waals surface area contributed by atoms with Crippen molar-refractivity contribution in [1.82, 2.24) is 14.5 Å². The lowest BCUT2D eigenvalue weighted by atomic mass is 9.97. The number of likely N-dealkylation sites (tertiary alicyclic amines) is 1. The van der Waals surface area contributed by atoms with Crippen LogP contribution in [0.5, 0.6) is 0 Å². The Hall–Kier alpha value is -2.50. The van der Waals surface area contributed by atoms with Crippen molar-refractivity contribution in [2.75, 3.05) is 6.54 Å². The van der Waals surface area contributed by atoms with Crippen LogP contribution in [0.15, 0.2) is 53.3 Å². The van der Waals surface area contributed by atoms with Crippen molar-refractivity contribution in [3.8, 4) is 0 Å². The summed E-state index contributed by atoms with van der Waals surface area (Å²) in [5.74, 6) is 0. The van der Waals surface area contributed by atoms with Gasteiger partial charge >= 0.3 is 0 Å². The van der Waals surface area contributed by atoms with E-state index in [4.69, 9.17) is 10.7 Å². The van der Waals surface area contributed by atoms with Gasteiger partial charge in [0.2, 0.25) is 0 Å². The highest BCUT2D eigenvalue weighted by atomic mass is 16.1. The number of benzene rings is 2. The molecule has 2 heterocycles. The number of aryl methyl sites for hydroxylation is 1. The zero-order valence-corrected chi connectivity index (χ0v) is 20.2. The van der Waals surface area contributed by atoms with Crippen molar-refractivity contribution >= 4 is 11.0 Å². The molecule has 1 aromatic heterocycles. The van der Waals surface area contributed by atoms with Gasteiger partial charge < -0.3 is 10.3 Å². The van der Waals surface area contributed by atoms with Crippen LogP contribution in [0.2, 0.25) is 0 Å². The van der Waals surface area contributed by atoms with Crippen LogP contribution in [0, 0.1) is 0 Å². The molecule has 2 aromatic carbocycles. The molecule has 0 spiro atoms. The molecular weight excluding hydrogens is 408 g/mol. The zero-order valence-electron chi connectivity index (χ0n) is 20.2. The van der Waals surface area contributed by atoms with Gasteiger partial charge in [0, 0.05) is 31.6 Å². The number of para-hydroxylation sites is 2. The Morgan fingerprint density at radius 3 is 2.45 bits per heavy atom. The van der Waals surface area contributed by atoms with Crippen molar-refractivity contribution in [2.45, 2.75) is 84.0 Å². The second kappa shape index (κ2) is 11.1. The van der Waals surface area contributed by atoms with Crippen LogP contribution in [-0.4, -0.2) is 33.1 Å². The van der Waals surface area contributed by atoms with E-state index in [1.54, 1.807) is 0 Å². The van der Waals surface area contributed by atoms with Crippen molar-refractivity contribution in [3.63, 3.8) is 0 Å². The summed E-state index contributed by atoms with van der Waals surface area (Å²) < 4.78 is 1.94. The van der Waals surface area contributed by atoms with E-state index in [-0.39, 0.29) is 5.56 Å². The second-order valence-electron chi connectivity index (χ2n) is 9.63. The average Bonchev–Trinajstić information content (AvgIpc) is 2.82. The topological polar surface area (TPSA) is 64.2 Å². The first-order valence-electron chi connectivity index (χ1n) is 12.6. The first kappa shape index (κ1) is 23.7. The number of hydrogen-bond donors (Lipinski definition) is 1. The first-order chi connectivity index (χ1) is 16.1. The molecule has 5 nitrogen and oxygen atoms in total. The summed E-state index contributed by atoms with van der Waals surface area (Å²) in [5.41, 5.74) is 10.4. The van der Waals surface area contributed by atoms with Crippen molar-refractivity contribution < 1.29 is 0 Å². The van der Waals surface area contributed by atoms with Crippen LogP contribution >= 0.6 is 0 Å². The Morgan fingerprint density at radius 2 is 1.67 bits per heavy atom. The molecule has 176 valence electrons. The minimum Gasteiger partial charge on any atom is -0.326 e. The monoisotopic (exact) mass is 446 g/mol. The van der Waals surface area contributed by atoms with Crippen molar-refractivity contribution in [2.24, 2.45) is 5.73 Å². The second-order valence-corrected chi connectivity index (χ2v) is 9.63. The first-order valence-corrected chi connectivity index (χ1v) is 12.6. The molecule has 3 aromatic rings. The van der Waals surface area contributed by atoms with E-state index in [0.29, 0.717) is 30.7 Å². The average molecular weight is 447 g/mol. The molecule has 2 atom stereocenters. The van der Waals surface area contributed by atoms with Gasteiger partial charge in [-0.05, 0) is 69.3 Å². The number of nitrogens with two attached hydrogens (primary N) is 1. The predicted octanol–water partition coefficient (Wildman–Crippen LogP) is 4.88. The highest BCUT2D eigenvalue weighted by molar-refractivity contribution is 5.74. The predicted molar refractivity (Wildman–Crippen MR) is 136 cm³/mol. The molecule has 33 heavy (non-hydrogen) atoms. The molecule has 0 saturated carbocycles. The Bertz CT molecular complexity index is 1110. The quantitative estimate of drug-likeness (QED) is 0.476. The Balaban J connectivity index is 1.46. The Labute approximate surface area is 197 Å². The van der Waals surface area contributed by atoms with Crippen molar-refractivity contribution in [1.29, 1.82) is 0 Å². The molecule has 0 amide bonds. The fourth-order valence-electron chi connectivity index (χ4n) is 5.30. The van der Waals surface area contributed by atoms with Crippen LogP contribution in [-0.2, 0) is 19.5 Å². The summed E-state index contributed by atoms with van der Waals surface area (Å²) >= 11 is 0. The molecule has 1 fully saturated rings. The van der Waals surface area contributed by atoms with Gasteiger partial charge in [0.25, 0.3) is 5.56 Å². The van der Waals surface area contributed by atoms with E-state index >= 15 is 0 Å². The SMILES string of the molecule is C[C@@H]1CCC[C@H](C)N1CCCCCn1c(=O)c(Cc2cccc(CN)c2)nc2ccccc21. The van der Waals surface area contributed by atoms with Gasteiger partial charge in [-0.15, -0.1) is 0 Å². The number of piperidine rings is 1. The lowest BCUT2D eigenvalue weighted by molar-refractivity contribution is 0.101. The normalized spacial score (nSPS) is 19.2. The van der Waals surface area contributed by atoms with Gasteiger partial charge in [-0.25, -0.2) is 4.98 Å². The molecule has 5 heteroatoms. The minimum absolute atomic E-state index is 0.0325. The van der Waals surface area contributed by atoms with Crippen LogP contribution < -0.4 is 11.3 Å². The Kier molecular flexibility index (Phi) is 7.94. The standard InChI is InChI=1S/C28H38N4O/c1-21-10-8-11-22(2)31(21)16-6-3-7-17-32-27-15-5-4-14-25(27)30-26(28(32)33)19-23-12-9-13-24(18-23)20-29/h4-5,9,12-15,18,21-22H,3,6-8,10-11,16-17,19-20,29H2,1-2H3/t21-,22+. The maximum Gasteiger partial charge on any atom is 0.273 e. The summed E-state index contributed by atoms with van der Waals surface area (Å²) in [6.45, 7) is 7.13. The fraction of sp³-hybridized carbons (Fsp3) is 0.500. The lowest BCUT2D eigenvalue weighted by Crippen LogP contribution is -2.44. The Morgan fingerprint density at radius 1 is 0.939 bits per heavy atom. The molecule has 4 rings (SSSR count). The van der Waals surface area contributed by atoms with Gasteiger partial charge in [0.1, 0.15) is 5.69 Å². The van der Waals surface area contributed by atoms with E-state index in [2.05, 4.69) is 24.8 Å². The third kappa shape index (κ3) is 5.71. The summed E-state index contributed by atoms with van der Waals surface area (Å²) in [7, 11) is 0. The molecule has 0 unspecified atom stereocenters. The third-order valence-electron chi connectivity index (χ3n) is 7.19. The van der Waals surface area contributed by atoms with Crippen LogP contribution in [0.1, 0.15) is 69.2 Å². The summed E-state index contributed by atoms with van der Waals surface area (Å²) in [5, 5.41) is 0. The van der Waals surface area contributed by atoms with Crippen LogP contribution in [0.3, 0.4) is 0 Å². The highest BCUT2D eigenvalue weighted by Gasteiger charge is 2.23. The molecule has 0 bridgehead atoms. The van der Waals surface area contributed by atoms with Crippen LogP contribution in [0.25, 0.3) is 11.0 Å². The number of fused-ring (bicyclic) bond motifs is 1. The van der Waals surface area contributed by atoms with E-state index < -0.39 is 0 Å². The molecule has 1 aliphatic rings. The van der Waals surface area contributed by atoms with Crippen LogP contribution in [0.4, 0.5) is 0 Å². The number of unbranched alkanes of at least 4 members (excludes halogenated alkanes) is 2. The largest absolute Gasteiger partial charge is 0.326 e. The highest BCUT2D eigenvalue weighted by Crippen LogP contribution is 2.23. The maximum atomic E-state index is 13.4. The van der Waals surface area contributed by atoms with Gasteiger partial charge in [-0.3, -0.25) is 9.69 Å². The number of aromatic nitrogens is 2.